The minimum absolute atomic E-state index is 0.673. The Bertz CT molecular complexity index is 768. The Hall–Kier alpha value is -2.23. The van der Waals surface area contributed by atoms with Gasteiger partial charge in [-0.3, -0.25) is 5.43 Å². The van der Waals surface area contributed by atoms with Crippen molar-refractivity contribution < 1.29 is 9.47 Å². The van der Waals surface area contributed by atoms with Crippen LogP contribution < -0.4 is 15.2 Å². The first-order valence-electron chi connectivity index (χ1n) is 9.37. The molecule has 3 heterocycles. The molecule has 0 atom stereocenters. The van der Waals surface area contributed by atoms with Gasteiger partial charge in [0.15, 0.2) is 5.82 Å². The van der Waals surface area contributed by atoms with Gasteiger partial charge in [0, 0.05) is 36.7 Å². The molecule has 1 aromatic heterocycles. The van der Waals surface area contributed by atoms with Gasteiger partial charge in [-0.2, -0.15) is 15.1 Å². The lowest BCUT2D eigenvalue weighted by Gasteiger charge is -2.31. The van der Waals surface area contributed by atoms with Crippen molar-refractivity contribution >= 4 is 39.7 Å². The Balaban J connectivity index is 1.54. The number of ether oxygens (including phenoxy) is 2. The highest BCUT2D eigenvalue weighted by molar-refractivity contribution is 9.10. The highest BCUT2D eigenvalue weighted by atomic mass is 79.9. The van der Waals surface area contributed by atoms with Crippen LogP contribution in [0, 0.1) is 0 Å². The second-order valence-corrected chi connectivity index (χ2v) is 7.45. The molecular weight excluding hydrogens is 424 g/mol. The van der Waals surface area contributed by atoms with Gasteiger partial charge >= 0.3 is 0 Å². The molecular formula is C19H23BrN6O2. The first-order valence-corrected chi connectivity index (χ1v) is 10.2. The number of nitrogens with one attached hydrogen (secondary N) is 1. The van der Waals surface area contributed by atoms with E-state index in [-0.39, 0.29) is 0 Å². The van der Waals surface area contributed by atoms with Crippen LogP contribution in [0.2, 0.25) is 0 Å². The summed E-state index contributed by atoms with van der Waals surface area (Å²) in [5, 5.41) is 4.35. The lowest BCUT2D eigenvalue weighted by Crippen LogP contribution is -2.39. The maximum absolute atomic E-state index is 5.47. The number of hydrogen-bond donors (Lipinski definition) is 1. The number of anilines is 3. The first-order chi connectivity index (χ1) is 13.8. The molecule has 0 radical (unpaired) electrons. The van der Waals surface area contributed by atoms with Crippen molar-refractivity contribution in [3.63, 3.8) is 0 Å². The van der Waals surface area contributed by atoms with E-state index in [1.807, 2.05) is 30.3 Å². The molecule has 9 heteroatoms. The Morgan fingerprint density at radius 2 is 1.57 bits per heavy atom. The van der Waals surface area contributed by atoms with Crippen LogP contribution in [-0.4, -0.2) is 68.8 Å². The third-order valence-electron chi connectivity index (χ3n) is 4.59. The van der Waals surface area contributed by atoms with Crippen molar-refractivity contribution in [1.29, 1.82) is 0 Å². The smallest absolute Gasteiger partial charge is 0.229 e. The summed E-state index contributed by atoms with van der Waals surface area (Å²) in [5.74, 6) is 2.26. The van der Waals surface area contributed by atoms with E-state index in [0.29, 0.717) is 38.2 Å². The molecule has 2 aliphatic heterocycles. The van der Waals surface area contributed by atoms with Gasteiger partial charge in [-0.25, -0.2) is 0 Å². The van der Waals surface area contributed by atoms with Crippen molar-refractivity contribution in [1.82, 2.24) is 9.97 Å². The molecule has 8 nitrogen and oxygen atoms in total. The Morgan fingerprint density at radius 1 is 0.929 bits per heavy atom. The van der Waals surface area contributed by atoms with Crippen LogP contribution in [0.5, 0.6) is 0 Å². The quantitative estimate of drug-likeness (QED) is 0.557. The van der Waals surface area contributed by atoms with Crippen LogP contribution in [0.1, 0.15) is 5.56 Å². The van der Waals surface area contributed by atoms with Crippen molar-refractivity contribution in [3.8, 4) is 0 Å². The third-order valence-corrected chi connectivity index (χ3v) is 5.12. The molecule has 28 heavy (non-hydrogen) atoms. The summed E-state index contributed by atoms with van der Waals surface area (Å²) in [6, 6.07) is 9.90. The lowest BCUT2D eigenvalue weighted by atomic mass is 10.2. The van der Waals surface area contributed by atoms with E-state index >= 15 is 0 Å². The van der Waals surface area contributed by atoms with Gasteiger partial charge in [-0.1, -0.05) is 28.1 Å². The van der Waals surface area contributed by atoms with Gasteiger partial charge in [0.25, 0.3) is 0 Å². The van der Waals surface area contributed by atoms with E-state index in [0.717, 1.165) is 42.0 Å². The topological polar surface area (TPSA) is 75.1 Å². The Labute approximate surface area is 172 Å². The zero-order valence-corrected chi connectivity index (χ0v) is 17.1. The van der Waals surface area contributed by atoms with Gasteiger partial charge in [0.1, 0.15) is 5.82 Å². The van der Waals surface area contributed by atoms with Crippen LogP contribution in [-0.2, 0) is 9.47 Å². The number of rotatable bonds is 5. The molecule has 0 bridgehead atoms. The second-order valence-electron chi connectivity index (χ2n) is 6.53. The highest BCUT2D eigenvalue weighted by Crippen LogP contribution is 2.22. The maximum atomic E-state index is 5.47. The Kier molecular flexibility index (Phi) is 6.35. The van der Waals surface area contributed by atoms with Gasteiger partial charge < -0.3 is 19.3 Å². The minimum atomic E-state index is 0.673. The zero-order chi connectivity index (χ0) is 19.2. The van der Waals surface area contributed by atoms with E-state index in [4.69, 9.17) is 14.5 Å². The van der Waals surface area contributed by atoms with Gasteiger partial charge in [0.2, 0.25) is 5.95 Å². The normalized spacial score (nSPS) is 17.9. The molecule has 2 aliphatic rings. The fraction of sp³-hybridized carbons (Fsp3) is 0.421. The predicted molar refractivity (Wildman–Crippen MR) is 113 cm³/mol. The summed E-state index contributed by atoms with van der Waals surface area (Å²) in [6.07, 6.45) is 1.78. The summed E-state index contributed by atoms with van der Waals surface area (Å²) in [5.41, 5.74) is 4.06. The van der Waals surface area contributed by atoms with E-state index < -0.39 is 0 Å². The van der Waals surface area contributed by atoms with Crippen LogP contribution in [0.25, 0.3) is 0 Å². The van der Waals surface area contributed by atoms with Crippen LogP contribution in [0.15, 0.2) is 39.9 Å². The highest BCUT2D eigenvalue weighted by Gasteiger charge is 2.19. The summed E-state index contributed by atoms with van der Waals surface area (Å²) < 4.78 is 12.0. The number of morpholine rings is 2. The zero-order valence-electron chi connectivity index (χ0n) is 15.6. The minimum Gasteiger partial charge on any atom is -0.378 e. The van der Waals surface area contributed by atoms with Crippen molar-refractivity contribution in [2.45, 2.75) is 0 Å². The molecule has 2 aromatic rings. The van der Waals surface area contributed by atoms with Crippen molar-refractivity contribution in [3.05, 3.63) is 40.4 Å². The van der Waals surface area contributed by atoms with Crippen molar-refractivity contribution in [2.24, 2.45) is 5.10 Å². The van der Waals surface area contributed by atoms with E-state index in [1.165, 1.54) is 0 Å². The fourth-order valence-electron chi connectivity index (χ4n) is 3.06. The number of nitrogens with zero attached hydrogens (tertiary/aromatic N) is 5. The number of halogens is 1. The number of hydrogen-bond acceptors (Lipinski definition) is 8. The molecule has 0 aliphatic carbocycles. The molecule has 0 amide bonds. The average molecular weight is 447 g/mol. The summed E-state index contributed by atoms with van der Waals surface area (Å²) >= 11 is 3.44. The first kappa shape index (κ1) is 19.1. The second kappa shape index (κ2) is 9.31. The SMILES string of the molecule is Brc1ccc(/C=N/Nc2cc(N3CCOCC3)nc(N3CCOCC3)n2)cc1. The fourth-order valence-corrected chi connectivity index (χ4v) is 3.32. The van der Waals surface area contributed by atoms with Gasteiger partial charge in [0.05, 0.1) is 32.6 Å². The largest absolute Gasteiger partial charge is 0.378 e. The third kappa shape index (κ3) is 4.98. The van der Waals surface area contributed by atoms with E-state index in [1.54, 1.807) is 6.21 Å². The standard InChI is InChI=1S/C19H23BrN6O2/c20-16-3-1-15(2-4-16)14-21-24-17-13-18(25-5-9-27-10-6-25)23-19(22-17)26-7-11-28-12-8-26/h1-4,13-14H,5-12H2,(H,22,23,24)/b21-14+. The number of benzene rings is 1. The summed E-state index contributed by atoms with van der Waals surface area (Å²) in [4.78, 5) is 13.8. The molecule has 1 N–H and O–H groups in total. The molecule has 4 rings (SSSR count). The molecule has 148 valence electrons. The monoisotopic (exact) mass is 446 g/mol. The maximum Gasteiger partial charge on any atom is 0.229 e. The number of hydrazone groups is 1. The van der Waals surface area contributed by atoms with Crippen LogP contribution in [0.3, 0.4) is 0 Å². The molecule has 2 saturated heterocycles. The van der Waals surface area contributed by atoms with Crippen LogP contribution in [0.4, 0.5) is 17.6 Å². The summed E-state index contributed by atoms with van der Waals surface area (Å²) in [6.45, 7) is 6.01. The molecule has 2 fully saturated rings. The summed E-state index contributed by atoms with van der Waals surface area (Å²) in [7, 11) is 0. The molecule has 0 unspecified atom stereocenters. The van der Waals surface area contributed by atoms with Crippen LogP contribution >= 0.6 is 15.9 Å². The molecule has 0 saturated carbocycles. The molecule has 1 aromatic carbocycles. The van der Waals surface area contributed by atoms with E-state index in [2.05, 4.69) is 41.2 Å². The lowest BCUT2D eigenvalue weighted by molar-refractivity contribution is 0.121. The van der Waals surface area contributed by atoms with Crippen molar-refractivity contribution in [2.75, 3.05) is 67.8 Å². The average Bonchev–Trinajstić information content (AvgIpc) is 2.76. The predicted octanol–water partition coefficient (Wildman–Crippen LogP) is 2.36. The van der Waals surface area contributed by atoms with Gasteiger partial charge in [-0.15, -0.1) is 0 Å². The Morgan fingerprint density at radius 3 is 2.25 bits per heavy atom. The number of aromatic nitrogens is 2. The van der Waals surface area contributed by atoms with Gasteiger partial charge in [-0.05, 0) is 17.7 Å². The van der Waals surface area contributed by atoms with E-state index in [9.17, 15) is 0 Å². The molecule has 0 spiro atoms.